The lowest BCUT2D eigenvalue weighted by atomic mass is 9.69. The molecule has 0 aliphatic carbocycles. The van der Waals surface area contributed by atoms with Crippen LogP contribution in [0.4, 0.5) is 4.79 Å². The van der Waals surface area contributed by atoms with Gasteiger partial charge in [-0.05, 0) is 71.2 Å². The van der Waals surface area contributed by atoms with E-state index in [1.54, 1.807) is 23.1 Å². The number of dihydropyridines is 1. The fourth-order valence-electron chi connectivity index (χ4n) is 4.45. The highest BCUT2D eigenvalue weighted by molar-refractivity contribution is 6.36. The Hall–Kier alpha value is -2.05. The van der Waals surface area contributed by atoms with Gasteiger partial charge in [-0.15, -0.1) is 0 Å². The van der Waals surface area contributed by atoms with Crippen molar-refractivity contribution in [1.29, 1.82) is 0 Å². The van der Waals surface area contributed by atoms with E-state index in [-0.39, 0.29) is 29.5 Å². The number of nitrogens with one attached hydrogen (secondary N) is 1. The van der Waals surface area contributed by atoms with Gasteiger partial charge in [-0.3, -0.25) is 9.79 Å². The van der Waals surface area contributed by atoms with Crippen molar-refractivity contribution in [1.82, 2.24) is 10.2 Å². The number of piperidine rings is 1. The minimum absolute atomic E-state index is 0.0247. The molecule has 1 unspecified atom stereocenters. The molecule has 2 aliphatic rings. The van der Waals surface area contributed by atoms with Gasteiger partial charge in [-0.1, -0.05) is 29.3 Å². The first-order valence-electron chi connectivity index (χ1n) is 10.9. The number of carbonyl (C=O) groups is 2. The van der Waals surface area contributed by atoms with Gasteiger partial charge in [0.1, 0.15) is 5.60 Å². The van der Waals surface area contributed by atoms with Crippen LogP contribution in [0.1, 0.15) is 57.3 Å². The Morgan fingerprint density at radius 2 is 2.06 bits per heavy atom. The van der Waals surface area contributed by atoms with Crippen molar-refractivity contribution < 1.29 is 14.3 Å². The van der Waals surface area contributed by atoms with Gasteiger partial charge in [-0.2, -0.15) is 0 Å². The van der Waals surface area contributed by atoms with Crippen LogP contribution in [0.2, 0.25) is 10.0 Å². The third-order valence-corrected chi connectivity index (χ3v) is 6.59. The van der Waals surface area contributed by atoms with Crippen LogP contribution < -0.4 is 5.32 Å². The molecule has 1 aromatic carbocycles. The Bertz CT molecular complexity index is 926. The molecule has 174 valence electrons. The summed E-state index contributed by atoms with van der Waals surface area (Å²) in [7, 11) is 0. The van der Waals surface area contributed by atoms with Crippen molar-refractivity contribution in [3.05, 3.63) is 46.0 Å². The summed E-state index contributed by atoms with van der Waals surface area (Å²) in [4.78, 5) is 32.1. The molecule has 1 fully saturated rings. The summed E-state index contributed by atoms with van der Waals surface area (Å²) >= 11 is 12.2. The second-order valence-corrected chi connectivity index (χ2v) is 10.5. The molecule has 3 rings (SSSR count). The van der Waals surface area contributed by atoms with E-state index in [9.17, 15) is 9.59 Å². The van der Waals surface area contributed by atoms with E-state index in [4.69, 9.17) is 32.9 Å². The van der Waals surface area contributed by atoms with Crippen molar-refractivity contribution in [2.75, 3.05) is 13.1 Å². The summed E-state index contributed by atoms with van der Waals surface area (Å²) in [6.07, 6.45) is 7.77. The summed E-state index contributed by atoms with van der Waals surface area (Å²) in [5, 5.41) is 3.87. The van der Waals surface area contributed by atoms with Crippen LogP contribution in [-0.4, -0.2) is 53.9 Å². The topological polar surface area (TPSA) is 71.0 Å². The predicted molar refractivity (Wildman–Crippen MR) is 129 cm³/mol. The van der Waals surface area contributed by atoms with Gasteiger partial charge < -0.3 is 15.0 Å². The number of ether oxygens (including phenoxy) is 1. The molecule has 1 saturated heterocycles. The zero-order valence-corrected chi connectivity index (χ0v) is 20.5. The zero-order valence-electron chi connectivity index (χ0n) is 19.0. The molecule has 0 aromatic heterocycles. The molecule has 0 bridgehead atoms. The first-order chi connectivity index (χ1) is 15.0. The Balaban J connectivity index is 1.76. The van der Waals surface area contributed by atoms with E-state index in [2.05, 4.69) is 11.4 Å². The Morgan fingerprint density at radius 3 is 2.66 bits per heavy atom. The van der Waals surface area contributed by atoms with Crippen LogP contribution in [0.3, 0.4) is 0 Å². The Morgan fingerprint density at radius 1 is 1.31 bits per heavy atom. The van der Waals surface area contributed by atoms with Gasteiger partial charge in [0.05, 0.1) is 16.6 Å². The number of carbonyl (C=O) groups excluding carboxylic acids is 2. The van der Waals surface area contributed by atoms with E-state index < -0.39 is 5.60 Å². The van der Waals surface area contributed by atoms with Crippen LogP contribution in [0.25, 0.3) is 0 Å². The highest BCUT2D eigenvalue weighted by atomic mass is 35.5. The third-order valence-electron chi connectivity index (χ3n) is 6.04. The number of nitrogens with zero attached hydrogens (tertiary/aromatic N) is 2. The van der Waals surface area contributed by atoms with Gasteiger partial charge in [0, 0.05) is 35.8 Å². The maximum absolute atomic E-state index is 12.9. The first-order valence-corrected chi connectivity index (χ1v) is 11.7. The normalized spacial score (nSPS) is 25.5. The van der Waals surface area contributed by atoms with E-state index in [1.165, 1.54) is 0 Å². The minimum atomic E-state index is -0.546. The second-order valence-electron chi connectivity index (χ2n) is 9.62. The molecule has 8 heteroatoms. The lowest BCUT2D eigenvalue weighted by molar-refractivity contribution is -0.00987. The smallest absolute Gasteiger partial charge is 0.410 e. The fraction of sp³-hybridized carbons (Fsp3) is 0.542. The van der Waals surface area contributed by atoms with E-state index in [1.807, 2.05) is 40.0 Å². The average Bonchev–Trinajstić information content (AvgIpc) is 2.71. The van der Waals surface area contributed by atoms with Crippen LogP contribution >= 0.6 is 23.2 Å². The van der Waals surface area contributed by atoms with E-state index in [0.29, 0.717) is 41.5 Å². The molecule has 32 heavy (non-hydrogen) atoms. The maximum atomic E-state index is 12.9. The number of hydrogen-bond acceptors (Lipinski definition) is 4. The maximum Gasteiger partial charge on any atom is 0.410 e. The van der Waals surface area contributed by atoms with Crippen molar-refractivity contribution >= 4 is 41.4 Å². The summed E-state index contributed by atoms with van der Waals surface area (Å²) in [5.74, 6) is -0.247. The molecule has 0 spiro atoms. The van der Waals surface area contributed by atoms with Crippen molar-refractivity contribution in [2.24, 2.45) is 10.4 Å². The Labute approximate surface area is 200 Å². The molecular formula is C24H31Cl2N3O3. The van der Waals surface area contributed by atoms with Gasteiger partial charge >= 0.3 is 6.09 Å². The summed E-state index contributed by atoms with van der Waals surface area (Å²) in [6, 6.07) is 4.82. The van der Waals surface area contributed by atoms with Crippen LogP contribution in [0, 0.1) is 5.41 Å². The average molecular weight is 480 g/mol. The number of allylic oxidation sites excluding steroid dienone is 1. The fourth-order valence-corrected chi connectivity index (χ4v) is 4.95. The quantitative estimate of drug-likeness (QED) is 0.616. The molecular weight excluding hydrogens is 449 g/mol. The predicted octanol–water partition coefficient (Wildman–Crippen LogP) is 5.53. The Kier molecular flexibility index (Phi) is 7.56. The first kappa shape index (κ1) is 24.6. The molecule has 2 amide bonds. The van der Waals surface area contributed by atoms with E-state index in [0.717, 1.165) is 6.42 Å². The number of rotatable bonds is 4. The monoisotopic (exact) mass is 479 g/mol. The third kappa shape index (κ3) is 5.84. The molecule has 3 atom stereocenters. The van der Waals surface area contributed by atoms with Crippen LogP contribution in [0.5, 0.6) is 0 Å². The van der Waals surface area contributed by atoms with Crippen molar-refractivity contribution in [3.63, 3.8) is 0 Å². The number of amides is 2. The van der Waals surface area contributed by atoms with E-state index >= 15 is 0 Å². The molecule has 1 N–H and O–H groups in total. The molecule has 0 saturated carbocycles. The van der Waals surface area contributed by atoms with Gasteiger partial charge in [0.15, 0.2) is 0 Å². The largest absolute Gasteiger partial charge is 0.444 e. The molecule has 0 radical (unpaired) electrons. The number of aliphatic imine (C=N–C) groups is 1. The number of halogens is 2. The van der Waals surface area contributed by atoms with Crippen LogP contribution in [0.15, 0.2) is 35.3 Å². The van der Waals surface area contributed by atoms with Crippen LogP contribution in [-0.2, 0) is 4.74 Å². The minimum Gasteiger partial charge on any atom is -0.444 e. The number of likely N-dealkylation sites (tertiary alicyclic amines) is 1. The highest BCUT2D eigenvalue weighted by Gasteiger charge is 2.46. The lowest BCUT2D eigenvalue weighted by Gasteiger charge is -2.48. The lowest BCUT2D eigenvalue weighted by Crippen LogP contribution is -2.56. The molecule has 2 heterocycles. The standard InChI is InChI=1S/C24H31Cl2N3O3/c1-16-14-24(20-7-5-6-11-27-20,10-12-29(16)22(31)32-23(2,3)4)15-28-21(30)18-9-8-17(25)13-19(18)26/h5-6,8-9,11,13,16,20H,7,10,12,14-15H2,1-4H3,(H,28,30)/t16-,20?,24+/m1/s1. The number of hydrogen-bond donors (Lipinski definition) is 1. The van der Waals surface area contributed by atoms with Gasteiger partial charge in [-0.25, -0.2) is 4.79 Å². The number of benzene rings is 1. The highest BCUT2D eigenvalue weighted by Crippen LogP contribution is 2.41. The molecule has 6 nitrogen and oxygen atoms in total. The summed E-state index contributed by atoms with van der Waals surface area (Å²) < 4.78 is 5.59. The van der Waals surface area contributed by atoms with Crippen molar-refractivity contribution in [2.45, 2.75) is 64.6 Å². The van der Waals surface area contributed by atoms with Crippen molar-refractivity contribution in [3.8, 4) is 0 Å². The molecule has 1 aromatic rings. The SMILES string of the molecule is C[C@@H]1C[C@@](CNC(=O)c2ccc(Cl)cc2Cl)(C2CC=CC=N2)CCN1C(=O)OC(C)(C)C. The van der Waals surface area contributed by atoms with Gasteiger partial charge in [0.2, 0.25) is 0 Å². The molecule has 2 aliphatic heterocycles. The summed E-state index contributed by atoms with van der Waals surface area (Å²) in [6.45, 7) is 8.60. The summed E-state index contributed by atoms with van der Waals surface area (Å²) in [5.41, 5.74) is -0.443. The second kappa shape index (κ2) is 9.84. The zero-order chi connectivity index (χ0) is 23.5. The van der Waals surface area contributed by atoms with Gasteiger partial charge in [0.25, 0.3) is 5.91 Å².